The first-order valence-electron chi connectivity index (χ1n) is 8.97. The van der Waals surface area contributed by atoms with Gasteiger partial charge >= 0.3 is 0 Å². The van der Waals surface area contributed by atoms with E-state index in [9.17, 15) is 4.79 Å². The smallest absolute Gasteiger partial charge is 0.258 e. The number of likely N-dealkylation sites (tertiary alicyclic amines) is 1. The number of carbonyl (C=O) groups excluding carboxylic acids is 1. The second-order valence-electron chi connectivity index (χ2n) is 6.28. The van der Waals surface area contributed by atoms with Crippen LogP contribution in [0.25, 0.3) is 5.78 Å². The molecule has 1 aliphatic rings. The molecule has 0 radical (unpaired) electrons. The van der Waals surface area contributed by atoms with Gasteiger partial charge in [0.05, 0.1) is 23.9 Å². The fraction of sp³-hybridized carbons (Fsp3) is 0.368. The van der Waals surface area contributed by atoms with Crippen molar-refractivity contribution < 1.29 is 9.53 Å². The maximum Gasteiger partial charge on any atom is 0.258 e. The number of ether oxygens (including phenoxy) is 1. The third kappa shape index (κ3) is 2.89. The quantitative estimate of drug-likeness (QED) is 0.723. The van der Waals surface area contributed by atoms with E-state index >= 15 is 0 Å². The van der Waals surface area contributed by atoms with E-state index in [2.05, 4.69) is 15.1 Å². The topological polar surface area (TPSA) is 72.6 Å². The van der Waals surface area contributed by atoms with Crippen molar-refractivity contribution in [1.29, 1.82) is 0 Å². The second-order valence-corrected chi connectivity index (χ2v) is 6.28. The summed E-state index contributed by atoms with van der Waals surface area (Å²) in [6, 6.07) is 9.30. The van der Waals surface area contributed by atoms with Gasteiger partial charge in [0, 0.05) is 12.7 Å². The lowest BCUT2D eigenvalue weighted by Gasteiger charge is -2.36. The number of aromatic nitrogens is 4. The average Bonchev–Trinajstić information content (AvgIpc) is 3.17. The zero-order valence-corrected chi connectivity index (χ0v) is 14.7. The molecule has 2 aromatic heterocycles. The molecule has 0 saturated carbocycles. The fourth-order valence-electron chi connectivity index (χ4n) is 3.57. The first kappa shape index (κ1) is 16.5. The number of nitrogens with zero attached hydrogens (tertiary/aromatic N) is 5. The van der Waals surface area contributed by atoms with Crippen LogP contribution in [0.15, 0.2) is 42.9 Å². The number of rotatable bonds is 4. The summed E-state index contributed by atoms with van der Waals surface area (Å²) in [5, 5.41) is 4.29. The summed E-state index contributed by atoms with van der Waals surface area (Å²) < 4.78 is 7.39. The number of fused-ring (bicyclic) bond motifs is 1. The van der Waals surface area contributed by atoms with Crippen LogP contribution in [-0.2, 0) is 0 Å². The van der Waals surface area contributed by atoms with E-state index in [1.165, 1.54) is 6.33 Å². The standard InChI is InChI=1S/C19H21N5O2/c1-2-26-17-9-4-3-7-14(17)18(25)23-12-6-5-8-15(23)16-10-11-20-19-21-13-22-24(16)19/h3-4,7,9-11,13,15H,2,5-6,8,12H2,1H3/t15-/m0/s1. The van der Waals surface area contributed by atoms with Crippen molar-refractivity contribution in [1.82, 2.24) is 24.5 Å². The van der Waals surface area contributed by atoms with E-state index in [1.54, 1.807) is 10.7 Å². The molecule has 1 aromatic carbocycles. The average molecular weight is 351 g/mol. The molecule has 3 heterocycles. The number of amides is 1. The van der Waals surface area contributed by atoms with Gasteiger partial charge in [-0.05, 0) is 44.4 Å². The van der Waals surface area contributed by atoms with E-state index in [1.807, 2.05) is 42.2 Å². The molecule has 26 heavy (non-hydrogen) atoms. The lowest BCUT2D eigenvalue weighted by molar-refractivity contribution is 0.0599. The van der Waals surface area contributed by atoms with Gasteiger partial charge in [0.1, 0.15) is 12.1 Å². The lowest BCUT2D eigenvalue weighted by Crippen LogP contribution is -2.39. The van der Waals surface area contributed by atoms with Gasteiger partial charge in [-0.2, -0.15) is 14.6 Å². The van der Waals surface area contributed by atoms with E-state index in [4.69, 9.17) is 4.74 Å². The predicted molar refractivity (Wildman–Crippen MR) is 96.0 cm³/mol. The van der Waals surface area contributed by atoms with Crippen molar-refractivity contribution in [2.24, 2.45) is 0 Å². The number of hydrogen-bond donors (Lipinski definition) is 0. The third-order valence-electron chi connectivity index (χ3n) is 4.73. The predicted octanol–water partition coefficient (Wildman–Crippen LogP) is 2.89. The number of carbonyl (C=O) groups is 1. The zero-order chi connectivity index (χ0) is 17.9. The van der Waals surface area contributed by atoms with Gasteiger partial charge in [-0.3, -0.25) is 4.79 Å². The summed E-state index contributed by atoms with van der Waals surface area (Å²) >= 11 is 0. The fourth-order valence-corrected chi connectivity index (χ4v) is 3.57. The number of piperidine rings is 1. The number of benzene rings is 1. The summed E-state index contributed by atoms with van der Waals surface area (Å²) in [6.07, 6.45) is 6.17. The van der Waals surface area contributed by atoms with Gasteiger partial charge in [-0.1, -0.05) is 12.1 Å². The van der Waals surface area contributed by atoms with Crippen LogP contribution in [-0.4, -0.2) is 43.5 Å². The molecular formula is C19H21N5O2. The monoisotopic (exact) mass is 351 g/mol. The molecule has 1 amide bonds. The molecule has 4 rings (SSSR count). The Hall–Kier alpha value is -2.96. The first-order chi connectivity index (χ1) is 12.8. The van der Waals surface area contributed by atoms with Crippen LogP contribution in [0.2, 0.25) is 0 Å². The van der Waals surface area contributed by atoms with E-state index < -0.39 is 0 Å². The van der Waals surface area contributed by atoms with Crippen molar-refractivity contribution in [2.45, 2.75) is 32.2 Å². The SMILES string of the molecule is CCOc1ccccc1C(=O)N1CCCC[C@H]1c1ccnc2ncnn12. The van der Waals surface area contributed by atoms with Crippen molar-refractivity contribution in [3.63, 3.8) is 0 Å². The number of para-hydroxylation sites is 1. The number of hydrogen-bond acceptors (Lipinski definition) is 5. The van der Waals surface area contributed by atoms with Crippen molar-refractivity contribution >= 4 is 11.7 Å². The molecule has 0 N–H and O–H groups in total. The second kappa shape index (κ2) is 7.11. The van der Waals surface area contributed by atoms with Crippen LogP contribution in [0.3, 0.4) is 0 Å². The van der Waals surface area contributed by atoms with Crippen LogP contribution < -0.4 is 4.74 Å². The minimum Gasteiger partial charge on any atom is -0.493 e. The maximum absolute atomic E-state index is 13.3. The molecule has 7 nitrogen and oxygen atoms in total. The highest BCUT2D eigenvalue weighted by Crippen LogP contribution is 2.33. The van der Waals surface area contributed by atoms with Crippen LogP contribution in [0, 0.1) is 0 Å². The Balaban J connectivity index is 1.72. The summed E-state index contributed by atoms with van der Waals surface area (Å²) in [4.78, 5) is 23.7. The molecule has 1 aliphatic heterocycles. The van der Waals surface area contributed by atoms with E-state index in [0.717, 1.165) is 25.0 Å². The summed E-state index contributed by atoms with van der Waals surface area (Å²) in [5.74, 6) is 1.17. The normalized spacial score (nSPS) is 17.4. The van der Waals surface area contributed by atoms with Crippen LogP contribution >= 0.6 is 0 Å². The van der Waals surface area contributed by atoms with Crippen molar-refractivity contribution in [3.05, 3.63) is 54.1 Å². The Bertz CT molecular complexity index is 923. The van der Waals surface area contributed by atoms with E-state index in [-0.39, 0.29) is 11.9 Å². The Morgan fingerprint density at radius 1 is 1.23 bits per heavy atom. The molecule has 0 spiro atoms. The van der Waals surface area contributed by atoms with E-state index in [0.29, 0.717) is 30.2 Å². The van der Waals surface area contributed by atoms with Crippen LogP contribution in [0.1, 0.15) is 48.3 Å². The molecule has 7 heteroatoms. The molecule has 134 valence electrons. The highest BCUT2D eigenvalue weighted by Gasteiger charge is 2.31. The Morgan fingerprint density at radius 2 is 2.12 bits per heavy atom. The summed E-state index contributed by atoms with van der Waals surface area (Å²) in [7, 11) is 0. The molecular weight excluding hydrogens is 330 g/mol. The Morgan fingerprint density at radius 3 is 3.00 bits per heavy atom. The Labute approximate surface area is 151 Å². The van der Waals surface area contributed by atoms with Crippen molar-refractivity contribution in [3.8, 4) is 5.75 Å². The molecule has 1 fully saturated rings. The van der Waals surface area contributed by atoms with Crippen LogP contribution in [0.4, 0.5) is 0 Å². The first-order valence-corrected chi connectivity index (χ1v) is 8.97. The van der Waals surface area contributed by atoms with Gasteiger partial charge in [0.15, 0.2) is 0 Å². The van der Waals surface area contributed by atoms with Gasteiger partial charge < -0.3 is 9.64 Å². The summed E-state index contributed by atoms with van der Waals surface area (Å²) in [5.41, 5.74) is 1.54. The van der Waals surface area contributed by atoms with Crippen molar-refractivity contribution in [2.75, 3.05) is 13.2 Å². The third-order valence-corrected chi connectivity index (χ3v) is 4.73. The molecule has 3 aromatic rings. The zero-order valence-electron chi connectivity index (χ0n) is 14.7. The molecule has 0 aliphatic carbocycles. The highest BCUT2D eigenvalue weighted by atomic mass is 16.5. The summed E-state index contributed by atoms with van der Waals surface area (Å²) in [6.45, 7) is 3.16. The maximum atomic E-state index is 13.3. The minimum absolute atomic E-state index is 0.0103. The van der Waals surface area contributed by atoms with Crippen LogP contribution in [0.5, 0.6) is 5.75 Å². The molecule has 1 atom stereocenters. The largest absolute Gasteiger partial charge is 0.493 e. The van der Waals surface area contributed by atoms with Gasteiger partial charge in [-0.25, -0.2) is 4.98 Å². The molecule has 0 unspecified atom stereocenters. The van der Waals surface area contributed by atoms with Gasteiger partial charge in [0.25, 0.3) is 11.7 Å². The molecule has 1 saturated heterocycles. The minimum atomic E-state index is -0.0573. The van der Waals surface area contributed by atoms with Gasteiger partial charge in [0.2, 0.25) is 0 Å². The molecule has 0 bridgehead atoms. The van der Waals surface area contributed by atoms with Gasteiger partial charge in [-0.15, -0.1) is 0 Å². The Kier molecular flexibility index (Phi) is 4.51. The highest BCUT2D eigenvalue weighted by molar-refractivity contribution is 5.97. The lowest BCUT2D eigenvalue weighted by atomic mass is 9.97.